The molecule has 150 valence electrons. The molecule has 2 aromatic rings. The first-order chi connectivity index (χ1) is 13.3. The van der Waals surface area contributed by atoms with E-state index in [1.54, 1.807) is 19.1 Å². The van der Waals surface area contributed by atoms with Gasteiger partial charge in [0.05, 0.1) is 4.90 Å². The molecule has 1 heterocycles. The zero-order valence-electron chi connectivity index (χ0n) is 16.6. The van der Waals surface area contributed by atoms with Gasteiger partial charge in [-0.05, 0) is 49.7 Å². The SMILES string of the molecule is Cc1ccccc1CNC(=O)c1ccc(C)c(S(=O)(=O)N2CCN(C)CC2)c1. The highest BCUT2D eigenvalue weighted by molar-refractivity contribution is 7.89. The molecule has 0 aromatic heterocycles. The van der Waals surface area contributed by atoms with Crippen molar-refractivity contribution in [2.45, 2.75) is 25.3 Å². The first-order valence-electron chi connectivity index (χ1n) is 9.41. The minimum atomic E-state index is -3.62. The van der Waals surface area contributed by atoms with E-state index < -0.39 is 10.0 Å². The number of likely N-dealkylation sites (N-methyl/N-ethyl adjacent to an activating group) is 1. The quantitative estimate of drug-likeness (QED) is 0.834. The largest absolute Gasteiger partial charge is 0.348 e. The summed E-state index contributed by atoms with van der Waals surface area (Å²) in [5.74, 6) is -0.280. The van der Waals surface area contributed by atoms with Crippen LogP contribution in [0.25, 0.3) is 0 Å². The Morgan fingerprint density at radius 2 is 1.68 bits per heavy atom. The van der Waals surface area contributed by atoms with E-state index in [0.29, 0.717) is 43.9 Å². The number of benzene rings is 2. The molecule has 7 heteroatoms. The van der Waals surface area contributed by atoms with Crippen LogP contribution in [-0.4, -0.2) is 56.8 Å². The average molecular weight is 402 g/mol. The van der Waals surface area contributed by atoms with Gasteiger partial charge in [0.25, 0.3) is 5.91 Å². The van der Waals surface area contributed by atoms with Gasteiger partial charge in [-0.3, -0.25) is 4.79 Å². The molecule has 1 N–H and O–H groups in total. The van der Waals surface area contributed by atoms with Gasteiger partial charge >= 0.3 is 0 Å². The molecule has 1 aliphatic heterocycles. The van der Waals surface area contributed by atoms with Crippen LogP contribution in [0.4, 0.5) is 0 Å². The summed E-state index contributed by atoms with van der Waals surface area (Å²) in [6.45, 7) is 6.49. The topological polar surface area (TPSA) is 69.7 Å². The molecule has 6 nitrogen and oxygen atoms in total. The van der Waals surface area contributed by atoms with E-state index in [4.69, 9.17) is 0 Å². The predicted molar refractivity (Wildman–Crippen MR) is 110 cm³/mol. The highest BCUT2D eigenvalue weighted by Gasteiger charge is 2.29. The van der Waals surface area contributed by atoms with Crippen LogP contribution in [0.3, 0.4) is 0 Å². The van der Waals surface area contributed by atoms with Gasteiger partial charge in [0, 0.05) is 38.3 Å². The zero-order chi connectivity index (χ0) is 20.3. The summed E-state index contributed by atoms with van der Waals surface area (Å²) in [6, 6.07) is 12.7. The monoisotopic (exact) mass is 401 g/mol. The van der Waals surface area contributed by atoms with Crippen molar-refractivity contribution in [3.63, 3.8) is 0 Å². The van der Waals surface area contributed by atoms with E-state index in [-0.39, 0.29) is 10.8 Å². The maximum absolute atomic E-state index is 13.1. The Bertz CT molecular complexity index is 965. The number of carbonyl (C=O) groups is 1. The highest BCUT2D eigenvalue weighted by Crippen LogP contribution is 2.22. The third-order valence-electron chi connectivity index (χ3n) is 5.23. The van der Waals surface area contributed by atoms with Crippen molar-refractivity contribution < 1.29 is 13.2 Å². The van der Waals surface area contributed by atoms with Crippen LogP contribution in [0.1, 0.15) is 27.0 Å². The van der Waals surface area contributed by atoms with E-state index in [1.165, 1.54) is 10.4 Å². The van der Waals surface area contributed by atoms with Gasteiger partial charge in [-0.15, -0.1) is 0 Å². The fraction of sp³-hybridized carbons (Fsp3) is 0.381. The lowest BCUT2D eigenvalue weighted by Gasteiger charge is -2.32. The van der Waals surface area contributed by atoms with Crippen LogP contribution in [-0.2, 0) is 16.6 Å². The van der Waals surface area contributed by atoms with Crippen LogP contribution in [0, 0.1) is 13.8 Å². The second kappa shape index (κ2) is 8.43. The van der Waals surface area contributed by atoms with Gasteiger partial charge in [-0.2, -0.15) is 4.31 Å². The van der Waals surface area contributed by atoms with Crippen LogP contribution in [0.2, 0.25) is 0 Å². The number of piperazine rings is 1. The maximum Gasteiger partial charge on any atom is 0.251 e. The van der Waals surface area contributed by atoms with Crippen molar-refractivity contribution in [3.8, 4) is 0 Å². The van der Waals surface area contributed by atoms with Crippen molar-refractivity contribution >= 4 is 15.9 Å². The Balaban J connectivity index is 1.79. The van der Waals surface area contributed by atoms with Crippen molar-refractivity contribution in [1.82, 2.24) is 14.5 Å². The molecule has 0 unspecified atom stereocenters. The molecule has 1 aliphatic rings. The molecule has 1 amide bonds. The summed E-state index contributed by atoms with van der Waals surface area (Å²) in [6.07, 6.45) is 0. The molecule has 1 saturated heterocycles. The second-order valence-electron chi connectivity index (χ2n) is 7.30. The first kappa shape index (κ1) is 20.5. The number of nitrogens with one attached hydrogen (secondary N) is 1. The fourth-order valence-electron chi connectivity index (χ4n) is 3.27. The minimum absolute atomic E-state index is 0.209. The Morgan fingerprint density at radius 3 is 2.36 bits per heavy atom. The van der Waals surface area contributed by atoms with E-state index in [1.807, 2.05) is 38.2 Å². The third kappa shape index (κ3) is 4.43. The number of amides is 1. The van der Waals surface area contributed by atoms with Crippen LogP contribution in [0.5, 0.6) is 0 Å². The van der Waals surface area contributed by atoms with E-state index >= 15 is 0 Å². The molecule has 0 saturated carbocycles. The summed E-state index contributed by atoms with van der Waals surface area (Å²) < 4.78 is 27.7. The number of hydrogen-bond donors (Lipinski definition) is 1. The lowest BCUT2D eigenvalue weighted by molar-refractivity contribution is 0.0950. The Kier molecular flexibility index (Phi) is 6.17. The molecule has 0 spiro atoms. The number of hydrogen-bond acceptors (Lipinski definition) is 4. The Hall–Kier alpha value is -2.22. The van der Waals surface area contributed by atoms with Crippen molar-refractivity contribution in [2.75, 3.05) is 33.2 Å². The number of nitrogens with zero attached hydrogens (tertiary/aromatic N) is 2. The van der Waals surface area contributed by atoms with E-state index in [9.17, 15) is 13.2 Å². The highest BCUT2D eigenvalue weighted by atomic mass is 32.2. The maximum atomic E-state index is 13.1. The van der Waals surface area contributed by atoms with Crippen molar-refractivity contribution in [1.29, 1.82) is 0 Å². The summed E-state index contributed by atoms with van der Waals surface area (Å²) in [4.78, 5) is 14.9. The predicted octanol–water partition coefficient (Wildman–Crippen LogP) is 2.17. The second-order valence-corrected chi connectivity index (χ2v) is 9.20. The van der Waals surface area contributed by atoms with Gasteiger partial charge in [0.15, 0.2) is 0 Å². The molecule has 0 radical (unpaired) electrons. The molecule has 0 atom stereocenters. The lowest BCUT2D eigenvalue weighted by Crippen LogP contribution is -2.47. The Labute approximate surface area is 167 Å². The standard InChI is InChI=1S/C21H27N3O3S/c1-16-6-4-5-7-19(16)15-22-21(25)18-9-8-17(2)20(14-18)28(26,27)24-12-10-23(3)11-13-24/h4-9,14H,10-13,15H2,1-3H3,(H,22,25). The van der Waals surface area contributed by atoms with Gasteiger partial charge in [-0.1, -0.05) is 30.3 Å². The minimum Gasteiger partial charge on any atom is -0.348 e. The number of aryl methyl sites for hydroxylation is 2. The summed E-state index contributed by atoms with van der Waals surface area (Å²) in [5.41, 5.74) is 3.14. The molecular formula is C21H27N3O3S. The molecule has 1 fully saturated rings. The molecule has 2 aromatic carbocycles. The van der Waals surface area contributed by atoms with Gasteiger partial charge < -0.3 is 10.2 Å². The van der Waals surface area contributed by atoms with Gasteiger partial charge in [0.2, 0.25) is 10.0 Å². The number of sulfonamides is 1. The van der Waals surface area contributed by atoms with E-state index in [0.717, 1.165) is 11.1 Å². The summed E-state index contributed by atoms with van der Waals surface area (Å²) in [7, 11) is -1.64. The number of rotatable bonds is 5. The average Bonchev–Trinajstić information content (AvgIpc) is 2.67. The zero-order valence-corrected chi connectivity index (χ0v) is 17.4. The summed E-state index contributed by atoms with van der Waals surface area (Å²) >= 11 is 0. The van der Waals surface area contributed by atoms with Gasteiger partial charge in [0.1, 0.15) is 0 Å². The number of carbonyl (C=O) groups excluding carboxylic acids is 1. The molecule has 0 aliphatic carbocycles. The van der Waals surface area contributed by atoms with Crippen LogP contribution >= 0.6 is 0 Å². The fourth-order valence-corrected chi connectivity index (χ4v) is 4.95. The third-order valence-corrected chi connectivity index (χ3v) is 7.27. The van der Waals surface area contributed by atoms with Crippen LogP contribution in [0.15, 0.2) is 47.4 Å². The lowest BCUT2D eigenvalue weighted by atomic mass is 10.1. The van der Waals surface area contributed by atoms with Crippen molar-refractivity contribution in [2.24, 2.45) is 0 Å². The normalized spacial score (nSPS) is 16.1. The van der Waals surface area contributed by atoms with E-state index in [2.05, 4.69) is 10.2 Å². The molecular weight excluding hydrogens is 374 g/mol. The van der Waals surface area contributed by atoms with Crippen molar-refractivity contribution in [3.05, 3.63) is 64.7 Å². The summed E-state index contributed by atoms with van der Waals surface area (Å²) in [5, 5.41) is 2.89. The van der Waals surface area contributed by atoms with Crippen LogP contribution < -0.4 is 5.32 Å². The molecule has 3 rings (SSSR count). The first-order valence-corrected chi connectivity index (χ1v) is 10.8. The molecule has 0 bridgehead atoms. The smallest absolute Gasteiger partial charge is 0.251 e. The Morgan fingerprint density at radius 1 is 1.00 bits per heavy atom. The van der Waals surface area contributed by atoms with Gasteiger partial charge in [-0.25, -0.2) is 8.42 Å². The molecule has 28 heavy (non-hydrogen) atoms.